The van der Waals surface area contributed by atoms with E-state index in [1.165, 1.54) is 0 Å². The Morgan fingerprint density at radius 2 is 1.96 bits per heavy atom. The van der Waals surface area contributed by atoms with Gasteiger partial charge in [0.05, 0.1) is 11.5 Å². The molecule has 1 aromatic carbocycles. The third-order valence-electron chi connectivity index (χ3n) is 4.41. The minimum atomic E-state index is -4.76. The second kappa shape index (κ2) is 7.77. The van der Waals surface area contributed by atoms with Gasteiger partial charge in [-0.3, -0.25) is 9.59 Å². The number of carbonyl (C=O) groups is 2. The van der Waals surface area contributed by atoms with Gasteiger partial charge in [-0.2, -0.15) is 13.2 Å². The number of esters is 1. The summed E-state index contributed by atoms with van der Waals surface area (Å²) in [6, 6.07) is 2.61. The topological polar surface area (TPSA) is 43.4 Å². The Balaban J connectivity index is 2.14. The van der Waals surface area contributed by atoms with Crippen molar-refractivity contribution in [2.45, 2.75) is 44.7 Å². The minimum Gasteiger partial charge on any atom is -0.395 e. The first-order valence-electron chi connectivity index (χ1n) is 7.81. The molecule has 132 valence electrons. The van der Waals surface area contributed by atoms with Crippen LogP contribution in [0.15, 0.2) is 18.2 Å². The van der Waals surface area contributed by atoms with Crippen LogP contribution in [-0.2, 0) is 26.9 Å². The molecule has 0 N–H and O–H groups in total. The summed E-state index contributed by atoms with van der Waals surface area (Å²) in [5, 5.41) is 0. The first kappa shape index (κ1) is 18.4. The largest absolute Gasteiger partial charge is 0.419 e. The summed E-state index contributed by atoms with van der Waals surface area (Å²) in [6.07, 6.45) is -0.182. The van der Waals surface area contributed by atoms with Crippen molar-refractivity contribution < 1.29 is 31.9 Å². The van der Waals surface area contributed by atoms with Crippen molar-refractivity contribution in [1.29, 1.82) is 0 Å². The van der Waals surface area contributed by atoms with Gasteiger partial charge in [-0.15, -0.1) is 0 Å². The maximum absolute atomic E-state index is 13.7. The average Bonchev–Trinajstić information content (AvgIpc) is 2.98. The van der Waals surface area contributed by atoms with E-state index in [2.05, 4.69) is 4.74 Å². The smallest absolute Gasteiger partial charge is 0.395 e. The van der Waals surface area contributed by atoms with E-state index in [1.54, 1.807) is 0 Å². The quantitative estimate of drug-likeness (QED) is 0.334. The number of carbonyl (C=O) groups excluding carboxylic acids is 2. The molecule has 0 spiro atoms. The number of halogens is 4. The molecule has 0 amide bonds. The molecule has 0 heterocycles. The summed E-state index contributed by atoms with van der Waals surface area (Å²) in [7, 11) is 0. The molecule has 3 nitrogen and oxygen atoms in total. The number of hydrogen-bond donors (Lipinski definition) is 0. The summed E-state index contributed by atoms with van der Waals surface area (Å²) >= 11 is 0. The van der Waals surface area contributed by atoms with Crippen molar-refractivity contribution in [3.8, 4) is 0 Å². The van der Waals surface area contributed by atoms with Gasteiger partial charge in [0.15, 0.2) is 0 Å². The van der Waals surface area contributed by atoms with E-state index in [-0.39, 0.29) is 18.5 Å². The molecule has 1 aliphatic carbocycles. The van der Waals surface area contributed by atoms with Gasteiger partial charge in [0.1, 0.15) is 5.82 Å². The maximum Gasteiger partial charge on any atom is 0.419 e. The highest BCUT2D eigenvalue weighted by Crippen LogP contribution is 2.34. The Kier molecular flexibility index (Phi) is 5.96. The Labute approximate surface area is 137 Å². The van der Waals surface area contributed by atoms with E-state index in [1.807, 2.05) is 0 Å². The average molecular weight is 346 g/mol. The van der Waals surface area contributed by atoms with E-state index < -0.39 is 29.4 Å². The molecule has 1 aliphatic rings. The third kappa shape index (κ3) is 4.79. The van der Waals surface area contributed by atoms with E-state index in [0.717, 1.165) is 37.8 Å². The van der Waals surface area contributed by atoms with Crippen LogP contribution in [-0.4, -0.2) is 12.4 Å². The minimum absolute atomic E-state index is 0.0390. The molecule has 0 radical (unpaired) electrons. The number of ether oxygens (including phenoxy) is 1. The number of rotatable bonds is 6. The Morgan fingerprint density at radius 1 is 1.29 bits per heavy atom. The summed E-state index contributed by atoms with van der Waals surface area (Å²) in [5.74, 6) is -2.46. The van der Waals surface area contributed by atoms with Crippen LogP contribution < -0.4 is 0 Å². The Morgan fingerprint density at radius 3 is 2.50 bits per heavy atom. The van der Waals surface area contributed by atoms with Crippen molar-refractivity contribution >= 4 is 12.4 Å². The highest BCUT2D eigenvalue weighted by molar-refractivity contribution is 5.79. The lowest BCUT2D eigenvalue weighted by atomic mass is 9.88. The number of alkyl halides is 3. The van der Waals surface area contributed by atoms with Gasteiger partial charge in [-0.1, -0.05) is 31.7 Å². The predicted molar refractivity (Wildman–Crippen MR) is 77.3 cm³/mol. The molecule has 0 aromatic heterocycles. The fourth-order valence-corrected chi connectivity index (χ4v) is 3.25. The SMILES string of the molecule is O=COC(=O)C(Cc1ccc(C(F)(F)F)c(F)c1)CC1CCCC1. The molecule has 0 aliphatic heterocycles. The summed E-state index contributed by atoms with van der Waals surface area (Å²) < 4.78 is 55.8. The molecule has 1 saturated carbocycles. The first-order chi connectivity index (χ1) is 11.3. The fourth-order valence-electron chi connectivity index (χ4n) is 3.25. The maximum atomic E-state index is 13.7. The van der Waals surface area contributed by atoms with Gasteiger partial charge in [0.25, 0.3) is 0 Å². The first-order valence-corrected chi connectivity index (χ1v) is 7.81. The Hall–Kier alpha value is -1.92. The van der Waals surface area contributed by atoms with Crippen molar-refractivity contribution in [3.05, 3.63) is 35.1 Å². The summed E-state index contributed by atoms with van der Waals surface area (Å²) in [5.41, 5.74) is -1.07. The van der Waals surface area contributed by atoms with Crippen LogP contribution in [0, 0.1) is 17.7 Å². The van der Waals surface area contributed by atoms with Crippen LogP contribution in [0.5, 0.6) is 0 Å². The highest BCUT2D eigenvalue weighted by Gasteiger charge is 2.34. The fraction of sp³-hybridized carbons (Fsp3) is 0.529. The van der Waals surface area contributed by atoms with Gasteiger partial charge in [0.2, 0.25) is 0 Å². The Bertz CT molecular complexity index is 592. The van der Waals surface area contributed by atoms with E-state index in [0.29, 0.717) is 18.4 Å². The molecular weight excluding hydrogens is 328 g/mol. The monoisotopic (exact) mass is 346 g/mol. The van der Waals surface area contributed by atoms with Crippen molar-refractivity contribution in [2.75, 3.05) is 0 Å². The zero-order valence-corrected chi connectivity index (χ0v) is 12.9. The zero-order valence-electron chi connectivity index (χ0n) is 12.9. The molecule has 1 unspecified atom stereocenters. The van der Waals surface area contributed by atoms with Crippen LogP contribution >= 0.6 is 0 Å². The number of benzene rings is 1. The van der Waals surface area contributed by atoms with Gasteiger partial charge < -0.3 is 4.74 Å². The van der Waals surface area contributed by atoms with Crippen LogP contribution in [0.4, 0.5) is 17.6 Å². The molecular formula is C17H18F4O3. The molecule has 1 atom stereocenters. The standard InChI is InChI=1S/C17H18F4O3/c18-15-9-12(5-6-14(15)17(19,20)21)8-13(16(23)24-10-22)7-11-3-1-2-4-11/h5-6,9-11,13H,1-4,7-8H2. The third-order valence-corrected chi connectivity index (χ3v) is 4.41. The van der Waals surface area contributed by atoms with E-state index in [4.69, 9.17) is 0 Å². The van der Waals surface area contributed by atoms with Crippen LogP contribution in [0.2, 0.25) is 0 Å². The number of hydrogen-bond acceptors (Lipinski definition) is 3. The molecule has 2 rings (SSSR count). The van der Waals surface area contributed by atoms with Crippen molar-refractivity contribution in [3.63, 3.8) is 0 Å². The van der Waals surface area contributed by atoms with E-state index in [9.17, 15) is 27.2 Å². The van der Waals surface area contributed by atoms with E-state index >= 15 is 0 Å². The predicted octanol–water partition coefficient (Wildman–Crippen LogP) is 4.28. The normalized spacial score (nSPS) is 16.8. The lowest BCUT2D eigenvalue weighted by molar-refractivity contribution is -0.155. The van der Waals surface area contributed by atoms with Crippen LogP contribution in [0.3, 0.4) is 0 Å². The van der Waals surface area contributed by atoms with Gasteiger partial charge in [0, 0.05) is 0 Å². The molecule has 1 fully saturated rings. The second-order valence-electron chi connectivity index (χ2n) is 6.13. The van der Waals surface area contributed by atoms with Gasteiger partial charge >= 0.3 is 18.6 Å². The zero-order chi connectivity index (χ0) is 17.7. The molecule has 0 bridgehead atoms. The van der Waals surface area contributed by atoms with Gasteiger partial charge in [-0.25, -0.2) is 4.39 Å². The molecule has 24 heavy (non-hydrogen) atoms. The van der Waals surface area contributed by atoms with Crippen molar-refractivity contribution in [2.24, 2.45) is 11.8 Å². The highest BCUT2D eigenvalue weighted by atomic mass is 19.4. The van der Waals surface area contributed by atoms with Gasteiger partial charge in [-0.05, 0) is 36.5 Å². The van der Waals surface area contributed by atoms with Crippen molar-refractivity contribution in [1.82, 2.24) is 0 Å². The molecule has 1 aromatic rings. The summed E-state index contributed by atoms with van der Waals surface area (Å²) in [6.45, 7) is 0.0390. The van der Waals surface area contributed by atoms with Crippen LogP contribution in [0.25, 0.3) is 0 Å². The summed E-state index contributed by atoms with van der Waals surface area (Å²) in [4.78, 5) is 22.3. The lowest BCUT2D eigenvalue weighted by Gasteiger charge is -2.18. The molecule has 7 heteroatoms. The lowest BCUT2D eigenvalue weighted by Crippen LogP contribution is -2.22. The van der Waals surface area contributed by atoms with Crippen LogP contribution in [0.1, 0.15) is 43.2 Å². The molecule has 0 saturated heterocycles. The second-order valence-corrected chi connectivity index (χ2v) is 6.13.